The Bertz CT molecular complexity index is 391. The summed E-state index contributed by atoms with van der Waals surface area (Å²) in [6.45, 7) is 2.65. The Morgan fingerprint density at radius 1 is 1.28 bits per heavy atom. The van der Waals surface area contributed by atoms with E-state index in [4.69, 9.17) is 0 Å². The number of hydrogen-bond acceptors (Lipinski definition) is 3. The zero-order valence-electron chi connectivity index (χ0n) is 10.9. The Hall–Kier alpha value is -1.16. The number of likely N-dealkylation sites (N-methyl/N-ethyl adjacent to an activating group) is 1. The first kappa shape index (κ1) is 13.3. The minimum absolute atomic E-state index is 0.640. The number of aliphatic hydroxyl groups is 1. The Kier molecular flexibility index (Phi) is 4.53. The van der Waals surface area contributed by atoms with Crippen molar-refractivity contribution in [3.8, 4) is 0 Å². The molecule has 0 aliphatic carbocycles. The third kappa shape index (κ3) is 3.19. The highest BCUT2D eigenvalue weighted by Gasteiger charge is 2.30. The molecule has 1 saturated heterocycles. The summed E-state index contributed by atoms with van der Waals surface area (Å²) in [6, 6.07) is 8.23. The standard InChI is InChI=1S/C15H22N2O/c1-16-10-2-3-13-4-6-14(7-5-13)15(18)8-11-17-12-9-15/h2-7,16-18H,8-12H2,1H3. The Balaban J connectivity index is 2.07. The molecule has 1 aliphatic rings. The van der Waals surface area contributed by atoms with Gasteiger partial charge in [0.15, 0.2) is 0 Å². The van der Waals surface area contributed by atoms with Crippen molar-refractivity contribution in [3.05, 3.63) is 41.5 Å². The maximum atomic E-state index is 10.6. The van der Waals surface area contributed by atoms with E-state index in [1.807, 2.05) is 19.2 Å². The van der Waals surface area contributed by atoms with Gasteiger partial charge in [-0.3, -0.25) is 0 Å². The van der Waals surface area contributed by atoms with Gasteiger partial charge >= 0.3 is 0 Å². The summed E-state index contributed by atoms with van der Waals surface area (Å²) in [5.74, 6) is 0. The lowest BCUT2D eigenvalue weighted by atomic mass is 9.85. The smallest absolute Gasteiger partial charge is 0.0920 e. The van der Waals surface area contributed by atoms with Crippen molar-refractivity contribution in [1.82, 2.24) is 10.6 Å². The number of benzene rings is 1. The molecule has 0 atom stereocenters. The van der Waals surface area contributed by atoms with Crippen LogP contribution >= 0.6 is 0 Å². The van der Waals surface area contributed by atoms with Gasteiger partial charge in [0.05, 0.1) is 5.60 Å². The van der Waals surface area contributed by atoms with E-state index in [1.54, 1.807) is 0 Å². The molecule has 1 fully saturated rings. The van der Waals surface area contributed by atoms with E-state index < -0.39 is 5.60 Å². The first-order chi connectivity index (χ1) is 8.74. The molecular weight excluding hydrogens is 224 g/mol. The van der Waals surface area contributed by atoms with Gasteiger partial charge in [-0.2, -0.15) is 0 Å². The summed E-state index contributed by atoms with van der Waals surface area (Å²) >= 11 is 0. The van der Waals surface area contributed by atoms with Crippen LogP contribution in [0.5, 0.6) is 0 Å². The minimum Gasteiger partial charge on any atom is -0.385 e. The van der Waals surface area contributed by atoms with E-state index in [9.17, 15) is 5.11 Å². The first-order valence-corrected chi connectivity index (χ1v) is 6.59. The molecule has 1 heterocycles. The van der Waals surface area contributed by atoms with E-state index in [0.29, 0.717) is 0 Å². The summed E-state index contributed by atoms with van der Waals surface area (Å²) in [7, 11) is 1.93. The van der Waals surface area contributed by atoms with Gasteiger partial charge in [-0.25, -0.2) is 0 Å². The van der Waals surface area contributed by atoms with Crippen LogP contribution in [0, 0.1) is 0 Å². The fraction of sp³-hybridized carbons (Fsp3) is 0.467. The van der Waals surface area contributed by atoms with Crippen LogP contribution in [0.4, 0.5) is 0 Å². The van der Waals surface area contributed by atoms with Crippen molar-refractivity contribution in [1.29, 1.82) is 0 Å². The molecule has 0 radical (unpaired) electrons. The molecule has 0 aromatic heterocycles. The molecule has 0 unspecified atom stereocenters. The Morgan fingerprint density at radius 3 is 2.56 bits per heavy atom. The predicted octanol–water partition coefficient (Wildman–Crippen LogP) is 1.49. The van der Waals surface area contributed by atoms with Crippen LogP contribution in [-0.4, -0.2) is 31.8 Å². The maximum absolute atomic E-state index is 10.6. The van der Waals surface area contributed by atoms with E-state index in [1.165, 1.54) is 5.56 Å². The summed E-state index contributed by atoms with van der Waals surface area (Å²) in [4.78, 5) is 0. The van der Waals surface area contributed by atoms with E-state index in [2.05, 4.69) is 34.9 Å². The third-order valence-corrected chi connectivity index (χ3v) is 3.51. The number of rotatable bonds is 4. The summed E-state index contributed by atoms with van der Waals surface area (Å²) in [5, 5.41) is 16.9. The van der Waals surface area contributed by atoms with Gasteiger partial charge in [0.25, 0.3) is 0 Å². The third-order valence-electron chi connectivity index (χ3n) is 3.51. The van der Waals surface area contributed by atoms with E-state index >= 15 is 0 Å². The molecule has 0 saturated carbocycles. The van der Waals surface area contributed by atoms with Gasteiger partial charge in [-0.1, -0.05) is 36.4 Å². The quantitative estimate of drug-likeness (QED) is 0.754. The largest absolute Gasteiger partial charge is 0.385 e. The first-order valence-electron chi connectivity index (χ1n) is 6.59. The van der Waals surface area contributed by atoms with Crippen LogP contribution < -0.4 is 10.6 Å². The average molecular weight is 246 g/mol. The monoisotopic (exact) mass is 246 g/mol. The summed E-state index contributed by atoms with van der Waals surface area (Å²) in [6.07, 6.45) is 5.77. The zero-order valence-corrected chi connectivity index (χ0v) is 10.9. The van der Waals surface area contributed by atoms with Gasteiger partial charge in [-0.15, -0.1) is 0 Å². The van der Waals surface area contributed by atoms with Crippen LogP contribution in [0.3, 0.4) is 0 Å². The topological polar surface area (TPSA) is 44.3 Å². The zero-order chi connectivity index (χ0) is 12.8. The normalized spacial score (nSPS) is 19.2. The number of nitrogens with one attached hydrogen (secondary N) is 2. The lowest BCUT2D eigenvalue weighted by Gasteiger charge is -2.33. The lowest BCUT2D eigenvalue weighted by Crippen LogP contribution is -2.39. The molecule has 1 aromatic rings. The van der Waals surface area contributed by atoms with Gasteiger partial charge in [-0.05, 0) is 44.1 Å². The molecule has 98 valence electrons. The minimum atomic E-state index is -0.640. The molecule has 1 aliphatic heterocycles. The van der Waals surface area contributed by atoms with Crippen molar-refractivity contribution >= 4 is 6.08 Å². The van der Waals surface area contributed by atoms with Crippen LogP contribution in [-0.2, 0) is 5.60 Å². The van der Waals surface area contributed by atoms with Crippen molar-refractivity contribution in [2.75, 3.05) is 26.7 Å². The Morgan fingerprint density at radius 2 is 1.94 bits per heavy atom. The van der Waals surface area contributed by atoms with Crippen LogP contribution in [0.15, 0.2) is 30.3 Å². The van der Waals surface area contributed by atoms with Gasteiger partial charge in [0.1, 0.15) is 0 Å². The molecule has 0 spiro atoms. The number of hydrogen-bond donors (Lipinski definition) is 3. The second kappa shape index (κ2) is 6.14. The van der Waals surface area contributed by atoms with E-state index in [0.717, 1.165) is 38.0 Å². The van der Waals surface area contributed by atoms with Gasteiger partial charge < -0.3 is 15.7 Å². The van der Waals surface area contributed by atoms with Crippen molar-refractivity contribution in [2.45, 2.75) is 18.4 Å². The highest BCUT2D eigenvalue weighted by atomic mass is 16.3. The van der Waals surface area contributed by atoms with Crippen LogP contribution in [0.2, 0.25) is 0 Å². The molecular formula is C15H22N2O. The van der Waals surface area contributed by atoms with Crippen LogP contribution in [0.1, 0.15) is 24.0 Å². The highest BCUT2D eigenvalue weighted by molar-refractivity contribution is 5.50. The molecule has 3 N–H and O–H groups in total. The highest BCUT2D eigenvalue weighted by Crippen LogP contribution is 2.30. The van der Waals surface area contributed by atoms with Gasteiger partial charge in [0.2, 0.25) is 0 Å². The van der Waals surface area contributed by atoms with Crippen molar-refractivity contribution in [2.24, 2.45) is 0 Å². The Labute approximate surface area is 109 Å². The van der Waals surface area contributed by atoms with E-state index in [-0.39, 0.29) is 0 Å². The molecule has 0 amide bonds. The lowest BCUT2D eigenvalue weighted by molar-refractivity contribution is 0.00594. The molecule has 18 heavy (non-hydrogen) atoms. The summed E-state index contributed by atoms with van der Waals surface area (Å²) < 4.78 is 0. The van der Waals surface area contributed by atoms with Crippen LogP contribution in [0.25, 0.3) is 6.08 Å². The average Bonchev–Trinajstić information content (AvgIpc) is 2.41. The molecule has 2 rings (SSSR count). The predicted molar refractivity (Wildman–Crippen MR) is 75.4 cm³/mol. The maximum Gasteiger partial charge on any atom is 0.0920 e. The molecule has 0 bridgehead atoms. The van der Waals surface area contributed by atoms with Gasteiger partial charge in [0, 0.05) is 6.54 Å². The van der Waals surface area contributed by atoms with Crippen molar-refractivity contribution < 1.29 is 5.11 Å². The second-order valence-corrected chi connectivity index (χ2v) is 4.86. The molecule has 1 aromatic carbocycles. The number of piperidine rings is 1. The summed E-state index contributed by atoms with van der Waals surface area (Å²) in [5.41, 5.74) is 1.57. The SMILES string of the molecule is CNCC=Cc1ccc(C2(O)CCNCC2)cc1. The van der Waals surface area contributed by atoms with Crippen molar-refractivity contribution in [3.63, 3.8) is 0 Å². The molecule has 3 nitrogen and oxygen atoms in total. The fourth-order valence-corrected chi connectivity index (χ4v) is 2.35. The fourth-order valence-electron chi connectivity index (χ4n) is 2.35. The second-order valence-electron chi connectivity index (χ2n) is 4.86. The molecule has 3 heteroatoms.